The SMILES string of the molecule is O=C(NCCCN1CCOCC1)c1ccccc1N1C(=O)[C@@H]2Cc3c([nH]c4ccccc34)C(c3cccc(Cl)c3)N2C1=O. The van der Waals surface area contributed by atoms with Gasteiger partial charge in [0, 0.05) is 47.7 Å². The number of carbonyl (C=O) groups excluding carboxylic acids is 3. The number of morpholine rings is 1. The van der Waals surface area contributed by atoms with Gasteiger partial charge in [0.25, 0.3) is 11.8 Å². The van der Waals surface area contributed by atoms with Gasteiger partial charge in [-0.1, -0.05) is 54.1 Å². The molecule has 43 heavy (non-hydrogen) atoms. The number of fused-ring (bicyclic) bond motifs is 4. The molecule has 4 amide bonds. The fourth-order valence-electron chi connectivity index (χ4n) is 6.60. The van der Waals surface area contributed by atoms with Crippen molar-refractivity contribution >= 4 is 46.0 Å². The van der Waals surface area contributed by atoms with Crippen molar-refractivity contribution in [3.8, 4) is 0 Å². The summed E-state index contributed by atoms with van der Waals surface area (Å²) in [6.45, 7) is 4.60. The molecule has 220 valence electrons. The molecular formula is C33H32ClN5O4. The summed E-state index contributed by atoms with van der Waals surface area (Å²) >= 11 is 6.41. The van der Waals surface area contributed by atoms with Crippen molar-refractivity contribution in [2.45, 2.75) is 24.9 Å². The molecule has 3 aliphatic heterocycles. The first-order chi connectivity index (χ1) is 21.0. The number of rotatable bonds is 7. The zero-order valence-electron chi connectivity index (χ0n) is 23.6. The highest BCUT2D eigenvalue weighted by atomic mass is 35.5. The fourth-order valence-corrected chi connectivity index (χ4v) is 6.80. The standard InChI is InChI=1S/C33H32ClN5O4/c34-22-8-5-7-21(19-22)30-29-25(23-9-1-3-11-26(23)36-29)20-28-32(41)39(33(42)38(28)30)27-12-4-2-10-24(27)31(40)35-13-6-14-37-15-17-43-18-16-37/h1-5,7-12,19,28,30,36H,6,13-18,20H2,(H,35,40)/t28-,30?/m0/s1. The Morgan fingerprint density at radius 3 is 2.63 bits per heavy atom. The molecule has 2 N–H and O–H groups in total. The Balaban J connectivity index is 1.19. The smallest absolute Gasteiger partial charge is 0.332 e. The fraction of sp³-hybridized carbons (Fsp3) is 0.303. The van der Waals surface area contributed by atoms with Gasteiger partial charge in [-0.15, -0.1) is 0 Å². The van der Waals surface area contributed by atoms with E-state index in [2.05, 4.69) is 15.2 Å². The minimum absolute atomic E-state index is 0.288. The number of nitrogens with zero attached hydrogens (tertiary/aromatic N) is 3. The quantitative estimate of drug-likeness (QED) is 0.237. The number of aromatic amines is 1. The molecule has 3 aromatic carbocycles. The predicted octanol–water partition coefficient (Wildman–Crippen LogP) is 4.76. The number of imide groups is 1. The number of hydrogen-bond donors (Lipinski definition) is 2. The van der Waals surface area contributed by atoms with Crippen LogP contribution in [0.3, 0.4) is 0 Å². The highest BCUT2D eigenvalue weighted by Gasteiger charge is 2.53. The summed E-state index contributed by atoms with van der Waals surface area (Å²) in [7, 11) is 0. The highest BCUT2D eigenvalue weighted by Crippen LogP contribution is 2.45. The number of amides is 4. The summed E-state index contributed by atoms with van der Waals surface area (Å²) in [5.74, 6) is -0.661. The van der Waals surface area contributed by atoms with Crippen molar-refractivity contribution in [3.63, 3.8) is 0 Å². The van der Waals surface area contributed by atoms with Crippen molar-refractivity contribution in [1.82, 2.24) is 20.1 Å². The lowest BCUT2D eigenvalue weighted by atomic mass is 9.89. The van der Waals surface area contributed by atoms with Crippen LogP contribution in [0.2, 0.25) is 5.02 Å². The van der Waals surface area contributed by atoms with Crippen molar-refractivity contribution in [3.05, 3.63) is 100 Å². The number of benzene rings is 3. The average Bonchev–Trinajstić information content (AvgIpc) is 3.52. The van der Waals surface area contributed by atoms with Crippen LogP contribution in [-0.4, -0.2) is 78.1 Å². The summed E-state index contributed by atoms with van der Waals surface area (Å²) in [6.07, 6.45) is 1.16. The van der Waals surface area contributed by atoms with E-state index in [4.69, 9.17) is 16.3 Å². The van der Waals surface area contributed by atoms with E-state index < -0.39 is 18.1 Å². The molecule has 0 aliphatic carbocycles. The first kappa shape index (κ1) is 27.6. The Labute approximate surface area is 254 Å². The monoisotopic (exact) mass is 597 g/mol. The predicted molar refractivity (Wildman–Crippen MR) is 164 cm³/mol. The largest absolute Gasteiger partial charge is 0.379 e. The van der Waals surface area contributed by atoms with Crippen LogP contribution in [0.15, 0.2) is 72.8 Å². The zero-order valence-corrected chi connectivity index (χ0v) is 24.3. The number of ether oxygens (including phenoxy) is 1. The van der Waals surface area contributed by atoms with Crippen LogP contribution in [0.1, 0.15) is 39.6 Å². The van der Waals surface area contributed by atoms with Crippen LogP contribution >= 0.6 is 11.6 Å². The first-order valence-electron chi connectivity index (χ1n) is 14.7. The van der Waals surface area contributed by atoms with Crippen molar-refractivity contribution in [1.29, 1.82) is 0 Å². The van der Waals surface area contributed by atoms with Gasteiger partial charge < -0.3 is 15.0 Å². The third-order valence-electron chi connectivity index (χ3n) is 8.64. The van der Waals surface area contributed by atoms with Crippen molar-refractivity contribution in [2.24, 2.45) is 0 Å². The Hall–Kier alpha value is -4.18. The van der Waals surface area contributed by atoms with Crippen LogP contribution in [0.4, 0.5) is 10.5 Å². The molecule has 2 fully saturated rings. The normalized spacial score (nSPS) is 20.4. The zero-order chi connectivity index (χ0) is 29.5. The Kier molecular flexibility index (Phi) is 7.38. The van der Waals surface area contributed by atoms with Gasteiger partial charge in [-0.25, -0.2) is 9.69 Å². The Morgan fingerprint density at radius 1 is 1.00 bits per heavy atom. The number of para-hydroxylation sites is 2. The van der Waals surface area contributed by atoms with E-state index in [1.807, 2.05) is 42.5 Å². The molecule has 1 aromatic heterocycles. The van der Waals surface area contributed by atoms with Gasteiger partial charge in [-0.05, 0) is 54.4 Å². The Morgan fingerprint density at radius 2 is 1.79 bits per heavy atom. The minimum Gasteiger partial charge on any atom is -0.379 e. The molecular weight excluding hydrogens is 566 g/mol. The van der Waals surface area contributed by atoms with E-state index in [0.29, 0.717) is 23.6 Å². The third kappa shape index (κ3) is 4.97. The maximum Gasteiger partial charge on any atom is 0.332 e. The minimum atomic E-state index is -0.729. The van der Waals surface area contributed by atoms with E-state index in [-0.39, 0.29) is 17.5 Å². The van der Waals surface area contributed by atoms with E-state index in [0.717, 1.165) is 67.0 Å². The molecule has 0 bridgehead atoms. The Bertz CT molecular complexity index is 1710. The molecule has 2 atom stereocenters. The third-order valence-corrected chi connectivity index (χ3v) is 8.88. The summed E-state index contributed by atoms with van der Waals surface area (Å²) < 4.78 is 5.40. The van der Waals surface area contributed by atoms with Gasteiger partial charge in [0.1, 0.15) is 12.1 Å². The van der Waals surface area contributed by atoms with E-state index in [1.54, 1.807) is 35.2 Å². The van der Waals surface area contributed by atoms with E-state index in [1.165, 1.54) is 4.90 Å². The molecule has 4 aromatic rings. The van der Waals surface area contributed by atoms with Crippen molar-refractivity contribution in [2.75, 3.05) is 44.3 Å². The van der Waals surface area contributed by atoms with Gasteiger partial charge in [0.15, 0.2) is 0 Å². The van der Waals surface area contributed by atoms with Gasteiger partial charge >= 0.3 is 6.03 Å². The van der Waals surface area contributed by atoms with Crippen LogP contribution in [0, 0.1) is 0 Å². The maximum atomic E-state index is 14.3. The lowest BCUT2D eigenvalue weighted by Gasteiger charge is -2.36. The van der Waals surface area contributed by atoms with Gasteiger partial charge in [-0.3, -0.25) is 19.4 Å². The second kappa shape index (κ2) is 11.5. The topological polar surface area (TPSA) is 98.0 Å². The number of carbonyl (C=O) groups is 3. The number of halogens is 1. The highest BCUT2D eigenvalue weighted by molar-refractivity contribution is 6.30. The van der Waals surface area contributed by atoms with Crippen molar-refractivity contribution < 1.29 is 19.1 Å². The van der Waals surface area contributed by atoms with Crippen LogP contribution in [-0.2, 0) is 16.0 Å². The number of H-pyrrole nitrogens is 1. The number of aromatic nitrogens is 1. The summed E-state index contributed by atoms with van der Waals surface area (Å²) in [4.78, 5) is 50.5. The number of urea groups is 1. The molecule has 4 heterocycles. The first-order valence-corrected chi connectivity index (χ1v) is 15.1. The molecule has 10 heteroatoms. The maximum absolute atomic E-state index is 14.3. The molecule has 1 unspecified atom stereocenters. The van der Waals surface area contributed by atoms with Crippen LogP contribution in [0.25, 0.3) is 10.9 Å². The molecule has 7 rings (SSSR count). The second-order valence-corrected chi connectivity index (χ2v) is 11.6. The molecule has 0 spiro atoms. The summed E-state index contributed by atoms with van der Waals surface area (Å²) in [5, 5.41) is 4.56. The summed E-state index contributed by atoms with van der Waals surface area (Å²) in [6, 6.07) is 20.4. The van der Waals surface area contributed by atoms with E-state index in [9.17, 15) is 14.4 Å². The lowest BCUT2D eigenvalue weighted by molar-refractivity contribution is -0.120. The van der Waals surface area contributed by atoms with Crippen LogP contribution in [0.5, 0.6) is 0 Å². The molecule has 9 nitrogen and oxygen atoms in total. The van der Waals surface area contributed by atoms with Gasteiger partial charge in [0.05, 0.1) is 24.5 Å². The van der Waals surface area contributed by atoms with Gasteiger partial charge in [0.2, 0.25) is 0 Å². The number of anilines is 1. The number of hydrogen-bond acceptors (Lipinski definition) is 5. The molecule has 0 saturated carbocycles. The second-order valence-electron chi connectivity index (χ2n) is 11.2. The molecule has 3 aliphatic rings. The number of nitrogens with one attached hydrogen (secondary N) is 2. The summed E-state index contributed by atoms with van der Waals surface area (Å²) in [5.41, 5.74) is 4.21. The van der Waals surface area contributed by atoms with Crippen LogP contribution < -0.4 is 10.2 Å². The van der Waals surface area contributed by atoms with Gasteiger partial charge in [-0.2, -0.15) is 0 Å². The average molecular weight is 598 g/mol. The van der Waals surface area contributed by atoms with E-state index >= 15 is 0 Å². The molecule has 2 saturated heterocycles. The lowest BCUT2D eigenvalue weighted by Crippen LogP contribution is -2.44. The molecule has 0 radical (unpaired) electrons.